The third-order valence-electron chi connectivity index (χ3n) is 6.62. The van der Waals surface area contributed by atoms with Crippen LogP contribution in [0, 0.1) is 5.92 Å². The van der Waals surface area contributed by atoms with Crippen molar-refractivity contribution in [3.8, 4) is 0 Å². The Morgan fingerprint density at radius 3 is 2.43 bits per heavy atom. The summed E-state index contributed by atoms with van der Waals surface area (Å²) >= 11 is 0. The first-order chi connectivity index (χ1) is 14.7. The highest BCUT2D eigenvalue weighted by atomic mass is 16.2. The molecule has 1 heterocycles. The van der Waals surface area contributed by atoms with Gasteiger partial charge in [-0.15, -0.1) is 0 Å². The van der Waals surface area contributed by atoms with E-state index in [1.165, 1.54) is 11.1 Å². The first kappa shape index (κ1) is 18.9. The maximum absolute atomic E-state index is 13.1. The minimum absolute atomic E-state index is 0.0191. The Hall–Kier alpha value is -3.14. The third-order valence-corrected chi connectivity index (χ3v) is 6.62. The van der Waals surface area contributed by atoms with Crippen LogP contribution in [0.25, 0.3) is 10.8 Å². The third kappa shape index (κ3) is 3.47. The summed E-state index contributed by atoms with van der Waals surface area (Å²) in [5, 5.41) is 5.33. The lowest BCUT2D eigenvalue weighted by molar-refractivity contribution is -0.127. The van der Waals surface area contributed by atoms with Gasteiger partial charge in [0, 0.05) is 24.6 Å². The fourth-order valence-electron chi connectivity index (χ4n) is 4.92. The number of carbonyl (C=O) groups excluding carboxylic acids is 2. The van der Waals surface area contributed by atoms with Crippen LogP contribution in [-0.2, 0) is 11.2 Å². The van der Waals surface area contributed by atoms with Crippen LogP contribution in [0.1, 0.15) is 46.8 Å². The largest absolute Gasteiger partial charge is 0.349 e. The number of aryl methyl sites for hydroxylation is 1. The van der Waals surface area contributed by atoms with Crippen LogP contribution in [0.4, 0.5) is 0 Å². The lowest BCUT2D eigenvalue weighted by Crippen LogP contribution is -2.43. The van der Waals surface area contributed by atoms with E-state index < -0.39 is 0 Å². The second-order valence-corrected chi connectivity index (χ2v) is 8.39. The molecule has 5 rings (SSSR count). The number of hydrogen-bond donors (Lipinski definition) is 1. The van der Waals surface area contributed by atoms with Gasteiger partial charge in [0.2, 0.25) is 5.91 Å². The van der Waals surface area contributed by atoms with E-state index in [4.69, 9.17) is 0 Å². The number of nitrogens with zero attached hydrogens (tertiary/aromatic N) is 1. The Balaban J connectivity index is 1.22. The van der Waals surface area contributed by atoms with E-state index in [1.807, 2.05) is 53.4 Å². The maximum Gasteiger partial charge on any atom is 0.254 e. The Kier molecular flexibility index (Phi) is 4.99. The summed E-state index contributed by atoms with van der Waals surface area (Å²) in [5.74, 6) is 0.179. The SMILES string of the molecule is O=C(NC1CCc2ccccc21)C1CCN(C(=O)c2cccc3ccccc23)CC1. The van der Waals surface area contributed by atoms with Gasteiger partial charge in [-0.3, -0.25) is 9.59 Å². The van der Waals surface area contributed by atoms with Gasteiger partial charge in [0.1, 0.15) is 0 Å². The molecule has 1 saturated heterocycles. The molecule has 1 fully saturated rings. The van der Waals surface area contributed by atoms with Crippen LogP contribution < -0.4 is 5.32 Å². The van der Waals surface area contributed by atoms with Gasteiger partial charge in [0.05, 0.1) is 6.04 Å². The van der Waals surface area contributed by atoms with E-state index in [0.717, 1.165) is 42.0 Å². The first-order valence-corrected chi connectivity index (χ1v) is 10.9. The van der Waals surface area contributed by atoms with Gasteiger partial charge in [-0.2, -0.15) is 0 Å². The molecule has 1 unspecified atom stereocenters. The molecule has 4 heteroatoms. The summed E-state index contributed by atoms with van der Waals surface area (Å²) < 4.78 is 0. The molecular formula is C26H26N2O2. The molecule has 0 spiro atoms. The Morgan fingerprint density at radius 2 is 1.57 bits per heavy atom. The highest BCUT2D eigenvalue weighted by Crippen LogP contribution is 2.31. The van der Waals surface area contributed by atoms with Crippen LogP contribution in [0.3, 0.4) is 0 Å². The quantitative estimate of drug-likeness (QED) is 0.706. The van der Waals surface area contributed by atoms with Gasteiger partial charge in [0.25, 0.3) is 5.91 Å². The number of carbonyl (C=O) groups is 2. The van der Waals surface area contributed by atoms with Crippen molar-refractivity contribution in [3.63, 3.8) is 0 Å². The Labute approximate surface area is 176 Å². The number of benzene rings is 3. The normalized spacial score (nSPS) is 18.9. The Bertz CT molecular complexity index is 1090. The molecule has 1 aliphatic carbocycles. The number of piperidine rings is 1. The molecule has 0 radical (unpaired) electrons. The number of nitrogens with one attached hydrogen (secondary N) is 1. The van der Waals surface area contributed by atoms with Crippen LogP contribution in [0.2, 0.25) is 0 Å². The minimum atomic E-state index is -0.0191. The summed E-state index contributed by atoms with van der Waals surface area (Å²) in [6, 6.07) is 22.4. The van der Waals surface area contributed by atoms with Gasteiger partial charge in [-0.05, 0) is 53.6 Å². The monoisotopic (exact) mass is 398 g/mol. The summed E-state index contributed by atoms with van der Waals surface area (Å²) in [4.78, 5) is 27.9. The van der Waals surface area contributed by atoms with Crippen molar-refractivity contribution in [2.24, 2.45) is 5.92 Å². The van der Waals surface area contributed by atoms with Crippen molar-refractivity contribution in [2.45, 2.75) is 31.7 Å². The zero-order chi connectivity index (χ0) is 20.5. The van der Waals surface area contributed by atoms with E-state index in [2.05, 4.69) is 23.5 Å². The minimum Gasteiger partial charge on any atom is -0.349 e. The lowest BCUT2D eigenvalue weighted by atomic mass is 9.94. The molecule has 4 nitrogen and oxygen atoms in total. The van der Waals surface area contributed by atoms with Crippen molar-refractivity contribution < 1.29 is 9.59 Å². The molecule has 0 aromatic heterocycles. The van der Waals surface area contributed by atoms with Crippen molar-refractivity contribution in [1.29, 1.82) is 0 Å². The molecule has 3 aromatic rings. The van der Waals surface area contributed by atoms with Gasteiger partial charge in [0.15, 0.2) is 0 Å². The molecule has 1 aliphatic heterocycles. The van der Waals surface area contributed by atoms with Crippen LogP contribution >= 0.6 is 0 Å². The second-order valence-electron chi connectivity index (χ2n) is 8.39. The highest BCUT2D eigenvalue weighted by Gasteiger charge is 2.31. The fraction of sp³-hybridized carbons (Fsp3) is 0.308. The molecular weight excluding hydrogens is 372 g/mol. The smallest absolute Gasteiger partial charge is 0.254 e. The molecule has 0 bridgehead atoms. The summed E-state index contributed by atoms with van der Waals surface area (Å²) in [7, 11) is 0. The van der Waals surface area contributed by atoms with Crippen LogP contribution in [0.5, 0.6) is 0 Å². The fourth-order valence-corrected chi connectivity index (χ4v) is 4.92. The number of likely N-dealkylation sites (tertiary alicyclic amines) is 1. The van der Waals surface area contributed by atoms with Gasteiger partial charge in [-0.1, -0.05) is 60.7 Å². The summed E-state index contributed by atoms with van der Waals surface area (Å²) in [5.41, 5.74) is 3.35. The van der Waals surface area contributed by atoms with Gasteiger partial charge >= 0.3 is 0 Å². The highest BCUT2D eigenvalue weighted by molar-refractivity contribution is 6.07. The summed E-state index contributed by atoms with van der Waals surface area (Å²) in [6.07, 6.45) is 3.44. The molecule has 3 aromatic carbocycles. The standard InChI is InChI=1S/C26H26N2O2/c29-25(27-24-13-12-19-7-2-4-10-22(19)24)20-14-16-28(17-15-20)26(30)23-11-5-8-18-6-1-3-9-21(18)23/h1-11,20,24H,12-17H2,(H,27,29). The lowest BCUT2D eigenvalue weighted by Gasteiger charge is -2.32. The zero-order valence-electron chi connectivity index (χ0n) is 17.0. The number of rotatable bonds is 3. The molecule has 2 aliphatic rings. The van der Waals surface area contributed by atoms with Crippen LogP contribution in [-0.4, -0.2) is 29.8 Å². The average Bonchev–Trinajstić information content (AvgIpc) is 3.21. The van der Waals surface area contributed by atoms with Gasteiger partial charge in [-0.25, -0.2) is 0 Å². The van der Waals surface area contributed by atoms with E-state index in [1.54, 1.807) is 0 Å². The molecule has 2 amide bonds. The van der Waals surface area contributed by atoms with Crippen molar-refractivity contribution in [3.05, 3.63) is 83.4 Å². The molecule has 152 valence electrons. The van der Waals surface area contributed by atoms with Gasteiger partial charge < -0.3 is 10.2 Å². The summed E-state index contributed by atoms with van der Waals surface area (Å²) in [6.45, 7) is 1.25. The molecule has 30 heavy (non-hydrogen) atoms. The number of amides is 2. The average molecular weight is 399 g/mol. The molecule has 1 atom stereocenters. The molecule has 1 N–H and O–H groups in total. The van der Waals surface area contributed by atoms with E-state index in [9.17, 15) is 9.59 Å². The molecule has 0 saturated carbocycles. The van der Waals surface area contributed by atoms with E-state index in [-0.39, 0.29) is 23.8 Å². The first-order valence-electron chi connectivity index (χ1n) is 10.9. The Morgan fingerprint density at radius 1 is 0.833 bits per heavy atom. The second kappa shape index (κ2) is 7.94. The topological polar surface area (TPSA) is 49.4 Å². The van der Waals surface area contributed by atoms with E-state index in [0.29, 0.717) is 13.1 Å². The van der Waals surface area contributed by atoms with Crippen molar-refractivity contribution >= 4 is 22.6 Å². The predicted octanol–water partition coefficient (Wildman–Crippen LogP) is 4.50. The van der Waals surface area contributed by atoms with Crippen molar-refractivity contribution in [2.75, 3.05) is 13.1 Å². The predicted molar refractivity (Wildman–Crippen MR) is 118 cm³/mol. The number of hydrogen-bond acceptors (Lipinski definition) is 2. The van der Waals surface area contributed by atoms with Crippen molar-refractivity contribution in [1.82, 2.24) is 10.2 Å². The maximum atomic E-state index is 13.1. The zero-order valence-corrected chi connectivity index (χ0v) is 17.0. The van der Waals surface area contributed by atoms with Crippen LogP contribution in [0.15, 0.2) is 66.7 Å². The number of fused-ring (bicyclic) bond motifs is 2. The van der Waals surface area contributed by atoms with E-state index >= 15 is 0 Å².